The molecule has 3 amide bonds. The van der Waals surface area contributed by atoms with Crippen LogP contribution in [0.1, 0.15) is 27.4 Å². The average molecular weight is 477 g/mol. The molecule has 3 aromatic rings. The van der Waals surface area contributed by atoms with Gasteiger partial charge < -0.3 is 19.2 Å². The van der Waals surface area contributed by atoms with Gasteiger partial charge in [-0.1, -0.05) is 24.3 Å². The van der Waals surface area contributed by atoms with Gasteiger partial charge in [0.1, 0.15) is 23.8 Å². The second kappa shape index (κ2) is 9.91. The minimum atomic E-state index is -0.661. The van der Waals surface area contributed by atoms with Crippen molar-refractivity contribution in [3.63, 3.8) is 0 Å². The Labute approximate surface area is 198 Å². The number of methoxy groups -OCH3 is 1. The van der Waals surface area contributed by atoms with Crippen molar-refractivity contribution in [2.24, 2.45) is 0 Å². The zero-order chi connectivity index (χ0) is 24.9. The molecule has 0 spiro atoms. The summed E-state index contributed by atoms with van der Waals surface area (Å²) in [5, 5.41) is 13.4. The molecule has 11 heteroatoms. The first-order chi connectivity index (χ1) is 16.8. The Bertz CT molecular complexity index is 1330. The summed E-state index contributed by atoms with van der Waals surface area (Å²) in [4.78, 5) is 47.9. The SMILES string of the molecule is COC(=O)c1ccc(CN2C(=O)NC(=Cc3ccc(OCc4cccc([N+](=O)[O-])c4)cc3)C2=O)o1. The molecule has 1 saturated heterocycles. The average Bonchev–Trinajstić information content (AvgIpc) is 3.43. The van der Waals surface area contributed by atoms with E-state index in [0.29, 0.717) is 16.9 Å². The third-order valence-electron chi connectivity index (χ3n) is 5.04. The lowest BCUT2D eigenvalue weighted by atomic mass is 10.2. The summed E-state index contributed by atoms with van der Waals surface area (Å²) >= 11 is 0. The summed E-state index contributed by atoms with van der Waals surface area (Å²) < 4.78 is 15.6. The van der Waals surface area contributed by atoms with Gasteiger partial charge in [0.15, 0.2) is 0 Å². The number of nitrogens with one attached hydrogen (secondary N) is 1. The van der Waals surface area contributed by atoms with Crippen molar-refractivity contribution in [2.75, 3.05) is 7.11 Å². The second-order valence-corrected chi connectivity index (χ2v) is 7.42. The van der Waals surface area contributed by atoms with Crippen LogP contribution >= 0.6 is 0 Å². The van der Waals surface area contributed by atoms with Crippen molar-refractivity contribution >= 4 is 29.7 Å². The van der Waals surface area contributed by atoms with E-state index in [1.807, 2.05) is 0 Å². The van der Waals surface area contributed by atoms with Gasteiger partial charge in [-0.05, 0) is 41.5 Å². The third kappa shape index (κ3) is 5.36. The summed E-state index contributed by atoms with van der Waals surface area (Å²) in [6.07, 6.45) is 1.52. The Morgan fingerprint density at radius 3 is 2.63 bits per heavy atom. The number of ether oxygens (including phenoxy) is 2. The van der Waals surface area contributed by atoms with Gasteiger partial charge in [0, 0.05) is 12.1 Å². The first-order valence-electron chi connectivity index (χ1n) is 10.3. The smallest absolute Gasteiger partial charge is 0.373 e. The lowest BCUT2D eigenvalue weighted by molar-refractivity contribution is -0.384. The maximum absolute atomic E-state index is 12.7. The number of nitro groups is 1. The Kier molecular flexibility index (Phi) is 6.58. The number of nitrogens with zero attached hydrogens (tertiary/aromatic N) is 2. The highest BCUT2D eigenvalue weighted by Gasteiger charge is 2.34. The maximum atomic E-state index is 12.7. The van der Waals surface area contributed by atoms with Crippen molar-refractivity contribution < 1.29 is 33.2 Å². The monoisotopic (exact) mass is 477 g/mol. The van der Waals surface area contributed by atoms with Crippen LogP contribution in [0.2, 0.25) is 0 Å². The number of carbonyl (C=O) groups excluding carboxylic acids is 3. The summed E-state index contributed by atoms with van der Waals surface area (Å²) in [7, 11) is 1.22. The largest absolute Gasteiger partial charge is 0.489 e. The molecule has 1 aliphatic heterocycles. The molecule has 0 saturated carbocycles. The molecule has 0 bridgehead atoms. The molecule has 0 radical (unpaired) electrons. The molecule has 178 valence electrons. The molecule has 0 aliphatic carbocycles. The zero-order valence-corrected chi connectivity index (χ0v) is 18.4. The summed E-state index contributed by atoms with van der Waals surface area (Å²) in [6.45, 7) is -0.000479. The number of nitro benzene ring substituents is 1. The van der Waals surface area contributed by atoms with E-state index in [9.17, 15) is 24.5 Å². The van der Waals surface area contributed by atoms with Crippen molar-refractivity contribution in [3.05, 3.63) is 99.1 Å². The minimum absolute atomic E-state index is 0.0126. The van der Waals surface area contributed by atoms with Gasteiger partial charge in [-0.2, -0.15) is 0 Å². The minimum Gasteiger partial charge on any atom is -0.489 e. The fourth-order valence-corrected chi connectivity index (χ4v) is 3.30. The van der Waals surface area contributed by atoms with E-state index in [-0.39, 0.29) is 36.1 Å². The van der Waals surface area contributed by atoms with E-state index in [1.165, 1.54) is 37.5 Å². The molecule has 1 aliphatic rings. The lowest BCUT2D eigenvalue weighted by Gasteiger charge is -2.09. The van der Waals surface area contributed by atoms with Crippen LogP contribution in [0.25, 0.3) is 6.08 Å². The van der Waals surface area contributed by atoms with Gasteiger partial charge in [0.2, 0.25) is 5.76 Å². The van der Waals surface area contributed by atoms with Crippen LogP contribution in [0.15, 0.2) is 70.8 Å². The maximum Gasteiger partial charge on any atom is 0.373 e. The highest BCUT2D eigenvalue weighted by atomic mass is 16.6. The van der Waals surface area contributed by atoms with E-state index in [0.717, 1.165) is 4.90 Å². The highest BCUT2D eigenvalue weighted by Crippen LogP contribution is 2.21. The van der Waals surface area contributed by atoms with E-state index < -0.39 is 22.8 Å². The molecular weight excluding hydrogens is 458 g/mol. The van der Waals surface area contributed by atoms with Crippen LogP contribution < -0.4 is 10.1 Å². The van der Waals surface area contributed by atoms with Gasteiger partial charge in [-0.25, -0.2) is 9.59 Å². The number of esters is 1. The molecular formula is C24H19N3O8. The molecule has 0 atom stereocenters. The molecule has 4 rings (SSSR count). The highest BCUT2D eigenvalue weighted by molar-refractivity contribution is 6.13. The van der Waals surface area contributed by atoms with Crippen LogP contribution in [0.5, 0.6) is 5.75 Å². The van der Waals surface area contributed by atoms with Crippen LogP contribution in [0.4, 0.5) is 10.5 Å². The molecule has 1 aromatic heterocycles. The summed E-state index contributed by atoms with van der Waals surface area (Å²) in [6, 6.07) is 15.2. The van der Waals surface area contributed by atoms with E-state index in [4.69, 9.17) is 9.15 Å². The first kappa shape index (κ1) is 23.2. The number of hydrogen-bond donors (Lipinski definition) is 1. The molecule has 35 heavy (non-hydrogen) atoms. The number of benzene rings is 2. The molecule has 0 unspecified atom stereocenters. The van der Waals surface area contributed by atoms with Crippen molar-refractivity contribution in [3.8, 4) is 5.75 Å². The van der Waals surface area contributed by atoms with E-state index in [2.05, 4.69) is 10.1 Å². The molecule has 1 N–H and O–H groups in total. The van der Waals surface area contributed by atoms with Gasteiger partial charge in [-0.15, -0.1) is 0 Å². The fourth-order valence-electron chi connectivity index (χ4n) is 3.30. The standard InChI is InChI=1S/C24H19N3O8/c1-33-23(29)21-10-9-19(35-21)13-26-22(28)20(25-24(26)30)12-15-5-7-18(8-6-15)34-14-16-3-2-4-17(11-16)27(31)32/h2-12H,13-14H2,1H3,(H,25,30). The summed E-state index contributed by atoms with van der Waals surface area (Å²) in [5.41, 5.74) is 1.37. The van der Waals surface area contributed by atoms with E-state index >= 15 is 0 Å². The number of imide groups is 1. The molecule has 1 fully saturated rings. The van der Waals surface area contributed by atoms with Crippen LogP contribution in [0, 0.1) is 10.1 Å². The van der Waals surface area contributed by atoms with Crippen molar-refractivity contribution in [2.45, 2.75) is 13.2 Å². The third-order valence-corrected chi connectivity index (χ3v) is 5.04. The lowest BCUT2D eigenvalue weighted by Crippen LogP contribution is -2.30. The summed E-state index contributed by atoms with van der Waals surface area (Å²) in [5.74, 6) is -0.455. The predicted octanol–water partition coefficient (Wildman–Crippen LogP) is 3.65. The normalized spacial score (nSPS) is 14.2. The van der Waals surface area contributed by atoms with Gasteiger partial charge in [0.05, 0.1) is 18.6 Å². The van der Waals surface area contributed by atoms with Gasteiger partial charge in [-0.3, -0.25) is 19.8 Å². The number of hydrogen-bond acceptors (Lipinski definition) is 8. The first-order valence-corrected chi connectivity index (χ1v) is 10.3. The number of carbonyl (C=O) groups is 3. The van der Waals surface area contributed by atoms with Crippen molar-refractivity contribution in [1.29, 1.82) is 0 Å². The number of urea groups is 1. The zero-order valence-electron chi connectivity index (χ0n) is 18.4. The van der Waals surface area contributed by atoms with Gasteiger partial charge in [0.25, 0.3) is 11.6 Å². The van der Waals surface area contributed by atoms with Gasteiger partial charge >= 0.3 is 12.0 Å². The van der Waals surface area contributed by atoms with E-state index in [1.54, 1.807) is 36.4 Å². The Morgan fingerprint density at radius 1 is 1.14 bits per heavy atom. The van der Waals surface area contributed by atoms with Crippen LogP contribution in [-0.2, 0) is 22.7 Å². The number of rotatable bonds is 8. The molecule has 11 nitrogen and oxygen atoms in total. The number of furan rings is 1. The fraction of sp³-hybridized carbons (Fsp3) is 0.125. The topological polar surface area (TPSA) is 141 Å². The quantitative estimate of drug-likeness (QED) is 0.170. The Morgan fingerprint density at radius 2 is 1.91 bits per heavy atom. The Balaban J connectivity index is 1.38. The number of amides is 3. The molecule has 2 heterocycles. The predicted molar refractivity (Wildman–Crippen MR) is 121 cm³/mol. The van der Waals surface area contributed by atoms with Crippen LogP contribution in [0.3, 0.4) is 0 Å². The Hall–Kier alpha value is -4.93. The van der Waals surface area contributed by atoms with Crippen LogP contribution in [-0.4, -0.2) is 34.8 Å². The van der Waals surface area contributed by atoms with Crippen molar-refractivity contribution in [1.82, 2.24) is 10.2 Å². The molecule has 2 aromatic carbocycles. The number of non-ortho nitro benzene ring substituents is 1. The second-order valence-electron chi connectivity index (χ2n) is 7.42.